The summed E-state index contributed by atoms with van der Waals surface area (Å²) in [6.07, 6.45) is 2.14. The first-order valence-corrected chi connectivity index (χ1v) is 16.8. The van der Waals surface area contributed by atoms with E-state index in [0.29, 0.717) is 36.4 Å². The third-order valence-corrected chi connectivity index (χ3v) is 10.1. The van der Waals surface area contributed by atoms with Crippen LogP contribution in [0.25, 0.3) is 0 Å². The number of nitrogens with zero attached hydrogens (tertiary/aromatic N) is 2. The standard InChI is InChI=1S/C36H38FN3O5S/c1-45-32-18-11-28(12-19-32)25-38-36(42)35(30-7-3-2-4-8-30)40(26-29-9-16-31(37)17-10-29)34(41)22-15-27-13-20-33(21-14-27)46(43,44)39-23-5-6-24-39/h2-4,7-14,16-21,35H,5-6,15,22-26H2,1H3,(H,38,42). The van der Waals surface area contributed by atoms with Gasteiger partial charge in [-0.25, -0.2) is 12.8 Å². The number of hydrogen-bond donors (Lipinski definition) is 1. The van der Waals surface area contributed by atoms with E-state index < -0.39 is 21.9 Å². The lowest BCUT2D eigenvalue weighted by Gasteiger charge is -2.32. The lowest BCUT2D eigenvalue weighted by atomic mass is 10.0. The van der Waals surface area contributed by atoms with Gasteiger partial charge in [0.05, 0.1) is 12.0 Å². The molecule has 1 unspecified atom stereocenters. The van der Waals surface area contributed by atoms with Gasteiger partial charge in [-0.15, -0.1) is 0 Å². The molecule has 240 valence electrons. The predicted octanol–water partition coefficient (Wildman–Crippen LogP) is 5.64. The van der Waals surface area contributed by atoms with Gasteiger partial charge in [0.25, 0.3) is 0 Å². The average molecular weight is 644 g/mol. The van der Waals surface area contributed by atoms with E-state index in [2.05, 4.69) is 5.32 Å². The minimum Gasteiger partial charge on any atom is -0.497 e. The molecule has 1 aliphatic rings. The highest BCUT2D eigenvalue weighted by Crippen LogP contribution is 2.26. The van der Waals surface area contributed by atoms with Crippen LogP contribution in [-0.4, -0.2) is 49.6 Å². The maximum absolute atomic E-state index is 14.0. The number of aryl methyl sites for hydroxylation is 1. The minimum atomic E-state index is -3.54. The first kappa shape index (κ1) is 32.8. The summed E-state index contributed by atoms with van der Waals surface area (Å²) in [6.45, 7) is 1.39. The van der Waals surface area contributed by atoms with Gasteiger partial charge in [0, 0.05) is 32.6 Å². The van der Waals surface area contributed by atoms with Gasteiger partial charge in [0.15, 0.2) is 0 Å². The molecule has 1 atom stereocenters. The number of nitrogens with one attached hydrogen (secondary N) is 1. The van der Waals surface area contributed by atoms with Crippen molar-refractivity contribution < 1.29 is 27.1 Å². The number of ether oxygens (including phenoxy) is 1. The number of rotatable bonds is 13. The van der Waals surface area contributed by atoms with E-state index in [-0.39, 0.29) is 36.2 Å². The second-order valence-electron chi connectivity index (χ2n) is 11.3. The van der Waals surface area contributed by atoms with Crippen LogP contribution in [0.4, 0.5) is 4.39 Å². The van der Waals surface area contributed by atoms with E-state index in [4.69, 9.17) is 4.74 Å². The van der Waals surface area contributed by atoms with E-state index in [1.54, 1.807) is 43.5 Å². The Bertz CT molecular complexity index is 1710. The summed E-state index contributed by atoms with van der Waals surface area (Å²) in [5.74, 6) is -0.315. The molecule has 0 bridgehead atoms. The molecular weight excluding hydrogens is 605 g/mol. The molecule has 1 fully saturated rings. The SMILES string of the molecule is COc1ccc(CNC(=O)C(c2ccccc2)N(Cc2ccc(F)cc2)C(=O)CCc2ccc(S(=O)(=O)N3CCCC3)cc2)cc1. The van der Waals surface area contributed by atoms with Crippen LogP contribution in [0, 0.1) is 5.82 Å². The van der Waals surface area contributed by atoms with Crippen molar-refractivity contribution in [3.8, 4) is 5.75 Å². The Morgan fingerprint density at radius 2 is 1.46 bits per heavy atom. The number of amides is 2. The fraction of sp³-hybridized carbons (Fsp3) is 0.278. The van der Waals surface area contributed by atoms with Gasteiger partial charge in [-0.05, 0) is 77.9 Å². The first-order chi connectivity index (χ1) is 22.2. The van der Waals surface area contributed by atoms with Crippen LogP contribution in [0.2, 0.25) is 0 Å². The second kappa shape index (κ2) is 15.2. The fourth-order valence-electron chi connectivity index (χ4n) is 5.55. The lowest BCUT2D eigenvalue weighted by molar-refractivity contribution is -0.141. The fourth-order valence-corrected chi connectivity index (χ4v) is 7.06. The summed E-state index contributed by atoms with van der Waals surface area (Å²) >= 11 is 0. The third-order valence-electron chi connectivity index (χ3n) is 8.14. The van der Waals surface area contributed by atoms with Crippen molar-refractivity contribution >= 4 is 21.8 Å². The Labute approximate surface area is 269 Å². The van der Waals surface area contributed by atoms with Crippen molar-refractivity contribution in [2.75, 3.05) is 20.2 Å². The molecule has 46 heavy (non-hydrogen) atoms. The number of methoxy groups -OCH3 is 1. The lowest BCUT2D eigenvalue weighted by Crippen LogP contribution is -2.43. The molecule has 0 saturated carbocycles. The molecule has 8 nitrogen and oxygen atoms in total. The van der Waals surface area contributed by atoms with Crippen LogP contribution in [0.5, 0.6) is 5.75 Å². The summed E-state index contributed by atoms with van der Waals surface area (Å²) in [5, 5.41) is 2.99. The summed E-state index contributed by atoms with van der Waals surface area (Å²) in [5.41, 5.74) is 2.99. The smallest absolute Gasteiger partial charge is 0.247 e. The molecule has 0 radical (unpaired) electrons. The molecule has 1 saturated heterocycles. The molecule has 0 aromatic heterocycles. The van der Waals surface area contributed by atoms with E-state index in [1.165, 1.54) is 21.3 Å². The van der Waals surface area contributed by atoms with Crippen LogP contribution >= 0.6 is 0 Å². The normalized spacial score (nSPS) is 14.0. The summed E-state index contributed by atoms with van der Waals surface area (Å²) in [6, 6.07) is 28.0. The van der Waals surface area contributed by atoms with Crippen LogP contribution in [0.3, 0.4) is 0 Å². The van der Waals surface area contributed by atoms with Gasteiger partial charge in [-0.3, -0.25) is 9.59 Å². The Morgan fingerprint density at radius 3 is 2.09 bits per heavy atom. The van der Waals surface area contributed by atoms with Gasteiger partial charge in [0.2, 0.25) is 21.8 Å². The number of benzene rings is 4. The maximum Gasteiger partial charge on any atom is 0.247 e. The van der Waals surface area contributed by atoms with Gasteiger partial charge in [-0.1, -0.05) is 66.7 Å². The van der Waals surface area contributed by atoms with Gasteiger partial charge < -0.3 is 15.0 Å². The summed E-state index contributed by atoms with van der Waals surface area (Å²) in [4.78, 5) is 29.7. The summed E-state index contributed by atoms with van der Waals surface area (Å²) < 4.78 is 46.4. The zero-order valence-corrected chi connectivity index (χ0v) is 26.6. The molecular formula is C36H38FN3O5S. The predicted molar refractivity (Wildman–Crippen MR) is 174 cm³/mol. The highest BCUT2D eigenvalue weighted by molar-refractivity contribution is 7.89. The van der Waals surface area contributed by atoms with Crippen molar-refractivity contribution in [1.29, 1.82) is 0 Å². The Kier molecular flexibility index (Phi) is 10.8. The van der Waals surface area contributed by atoms with E-state index in [1.807, 2.05) is 54.6 Å². The Hall–Kier alpha value is -4.54. The van der Waals surface area contributed by atoms with Crippen LogP contribution < -0.4 is 10.1 Å². The average Bonchev–Trinajstić information content (AvgIpc) is 3.64. The maximum atomic E-state index is 14.0. The largest absolute Gasteiger partial charge is 0.497 e. The topological polar surface area (TPSA) is 96.0 Å². The van der Waals surface area contributed by atoms with Crippen molar-refractivity contribution in [1.82, 2.24) is 14.5 Å². The van der Waals surface area contributed by atoms with Crippen molar-refractivity contribution in [2.45, 2.75) is 49.7 Å². The van der Waals surface area contributed by atoms with Crippen LogP contribution in [0.15, 0.2) is 108 Å². The second-order valence-corrected chi connectivity index (χ2v) is 13.2. The highest BCUT2D eigenvalue weighted by atomic mass is 32.2. The quantitative estimate of drug-likeness (QED) is 0.204. The van der Waals surface area contributed by atoms with E-state index in [9.17, 15) is 22.4 Å². The van der Waals surface area contributed by atoms with Crippen LogP contribution in [0.1, 0.15) is 47.6 Å². The van der Waals surface area contributed by atoms with E-state index in [0.717, 1.165) is 24.0 Å². The number of carbonyl (C=O) groups excluding carboxylic acids is 2. The van der Waals surface area contributed by atoms with Crippen molar-refractivity contribution in [2.24, 2.45) is 0 Å². The zero-order valence-electron chi connectivity index (χ0n) is 25.8. The molecule has 0 aliphatic carbocycles. The number of halogens is 1. The number of carbonyl (C=O) groups is 2. The molecule has 1 N–H and O–H groups in total. The number of hydrogen-bond acceptors (Lipinski definition) is 5. The molecule has 4 aromatic carbocycles. The third kappa shape index (κ3) is 8.18. The van der Waals surface area contributed by atoms with E-state index >= 15 is 0 Å². The Morgan fingerprint density at radius 1 is 0.848 bits per heavy atom. The molecule has 0 spiro atoms. The van der Waals surface area contributed by atoms with Gasteiger partial charge in [0.1, 0.15) is 17.6 Å². The van der Waals surface area contributed by atoms with Crippen molar-refractivity contribution in [3.63, 3.8) is 0 Å². The first-order valence-electron chi connectivity index (χ1n) is 15.3. The minimum absolute atomic E-state index is 0.0779. The molecule has 2 amide bonds. The summed E-state index contributed by atoms with van der Waals surface area (Å²) in [7, 11) is -1.95. The van der Waals surface area contributed by atoms with Crippen LogP contribution in [-0.2, 0) is 39.1 Å². The molecule has 1 aliphatic heterocycles. The zero-order chi connectivity index (χ0) is 32.5. The van der Waals surface area contributed by atoms with Gasteiger partial charge >= 0.3 is 0 Å². The van der Waals surface area contributed by atoms with Gasteiger partial charge in [-0.2, -0.15) is 4.31 Å². The number of sulfonamides is 1. The molecule has 1 heterocycles. The molecule has 10 heteroatoms. The Balaban J connectivity index is 1.37. The molecule has 5 rings (SSSR count). The highest BCUT2D eigenvalue weighted by Gasteiger charge is 2.32. The van der Waals surface area contributed by atoms with Crippen molar-refractivity contribution in [3.05, 3.63) is 131 Å². The molecule has 4 aromatic rings. The monoisotopic (exact) mass is 643 g/mol.